The Morgan fingerprint density at radius 1 is 0.966 bits per heavy atom. The second-order valence-electron chi connectivity index (χ2n) is 6.33. The molecule has 0 saturated carbocycles. The SMILES string of the molecule is O=C(C=Cc1ccc2c(c1)OCO2)Nc1nc(-c2ccc3c(c2)OCCO3)cs1. The molecule has 0 fully saturated rings. The summed E-state index contributed by atoms with van der Waals surface area (Å²) in [4.78, 5) is 16.7. The van der Waals surface area contributed by atoms with Crippen molar-refractivity contribution in [3.05, 3.63) is 53.4 Å². The largest absolute Gasteiger partial charge is 0.486 e. The number of aromatic nitrogens is 1. The Morgan fingerprint density at radius 3 is 2.66 bits per heavy atom. The number of amides is 1. The molecule has 2 aromatic carbocycles. The van der Waals surface area contributed by atoms with Crippen molar-refractivity contribution in [1.82, 2.24) is 4.98 Å². The van der Waals surface area contributed by atoms with Crippen LogP contribution in [0.15, 0.2) is 47.9 Å². The number of nitrogens with one attached hydrogen (secondary N) is 1. The molecule has 2 aliphatic rings. The van der Waals surface area contributed by atoms with E-state index >= 15 is 0 Å². The summed E-state index contributed by atoms with van der Waals surface area (Å²) in [7, 11) is 0. The molecule has 0 radical (unpaired) electrons. The molecule has 0 unspecified atom stereocenters. The Balaban J connectivity index is 1.26. The van der Waals surface area contributed by atoms with Crippen molar-refractivity contribution < 1.29 is 23.7 Å². The molecule has 0 saturated heterocycles. The van der Waals surface area contributed by atoms with Gasteiger partial charge in [-0.1, -0.05) is 6.07 Å². The molecule has 1 N–H and O–H groups in total. The van der Waals surface area contributed by atoms with Gasteiger partial charge in [-0.25, -0.2) is 4.98 Å². The second-order valence-corrected chi connectivity index (χ2v) is 7.19. The topological polar surface area (TPSA) is 78.9 Å². The van der Waals surface area contributed by atoms with Gasteiger partial charge in [-0.3, -0.25) is 10.1 Å². The summed E-state index contributed by atoms with van der Waals surface area (Å²) in [6, 6.07) is 11.2. The lowest BCUT2D eigenvalue weighted by Crippen LogP contribution is -2.15. The highest BCUT2D eigenvalue weighted by molar-refractivity contribution is 7.14. The Kier molecular flexibility index (Phi) is 4.53. The average molecular weight is 408 g/mol. The van der Waals surface area contributed by atoms with Crippen LogP contribution in [0.5, 0.6) is 23.0 Å². The summed E-state index contributed by atoms with van der Waals surface area (Å²) in [5, 5.41) is 5.20. The predicted molar refractivity (Wildman–Crippen MR) is 109 cm³/mol. The van der Waals surface area contributed by atoms with Gasteiger partial charge in [0.25, 0.3) is 0 Å². The molecular formula is C21H16N2O5S. The molecule has 3 heterocycles. The Labute approximate surface area is 170 Å². The number of rotatable bonds is 4. The van der Waals surface area contributed by atoms with E-state index in [-0.39, 0.29) is 12.7 Å². The summed E-state index contributed by atoms with van der Waals surface area (Å²) in [5.74, 6) is 2.57. The maximum Gasteiger partial charge on any atom is 0.250 e. The summed E-state index contributed by atoms with van der Waals surface area (Å²) in [5.41, 5.74) is 2.52. The summed E-state index contributed by atoms with van der Waals surface area (Å²) >= 11 is 1.36. The van der Waals surface area contributed by atoms with E-state index in [0.29, 0.717) is 35.6 Å². The van der Waals surface area contributed by atoms with E-state index in [4.69, 9.17) is 18.9 Å². The molecule has 5 rings (SSSR count). The first-order valence-electron chi connectivity index (χ1n) is 8.99. The lowest BCUT2D eigenvalue weighted by molar-refractivity contribution is -0.111. The maximum atomic E-state index is 12.2. The van der Waals surface area contributed by atoms with E-state index in [2.05, 4.69) is 10.3 Å². The first-order valence-corrected chi connectivity index (χ1v) is 9.87. The first-order chi connectivity index (χ1) is 14.2. The molecular weight excluding hydrogens is 392 g/mol. The number of fused-ring (bicyclic) bond motifs is 2. The third-order valence-corrected chi connectivity index (χ3v) is 5.15. The van der Waals surface area contributed by atoms with E-state index in [1.54, 1.807) is 6.08 Å². The van der Waals surface area contributed by atoms with Crippen LogP contribution in [0.1, 0.15) is 5.56 Å². The van der Waals surface area contributed by atoms with Gasteiger partial charge >= 0.3 is 0 Å². The van der Waals surface area contributed by atoms with Gasteiger partial charge in [0, 0.05) is 17.0 Å². The molecule has 7 nitrogen and oxygen atoms in total. The highest BCUT2D eigenvalue weighted by Crippen LogP contribution is 2.35. The molecule has 1 amide bonds. The van der Waals surface area contributed by atoms with Crippen LogP contribution >= 0.6 is 11.3 Å². The van der Waals surface area contributed by atoms with Crippen LogP contribution in [0.25, 0.3) is 17.3 Å². The number of hydrogen-bond acceptors (Lipinski definition) is 7. The van der Waals surface area contributed by atoms with Crippen LogP contribution in [0, 0.1) is 0 Å². The summed E-state index contributed by atoms with van der Waals surface area (Å²) < 4.78 is 21.8. The maximum absolute atomic E-state index is 12.2. The van der Waals surface area contributed by atoms with Gasteiger partial charge in [0.05, 0.1) is 5.69 Å². The molecule has 3 aromatic rings. The van der Waals surface area contributed by atoms with Crippen LogP contribution in [-0.4, -0.2) is 30.9 Å². The molecule has 1 aromatic heterocycles. The van der Waals surface area contributed by atoms with Crippen LogP contribution in [0.4, 0.5) is 5.13 Å². The Morgan fingerprint density at radius 2 is 1.72 bits per heavy atom. The predicted octanol–water partition coefficient (Wildman–Crippen LogP) is 3.96. The zero-order chi connectivity index (χ0) is 19.6. The van der Waals surface area contributed by atoms with Crippen molar-refractivity contribution >= 4 is 28.5 Å². The van der Waals surface area contributed by atoms with Crippen LogP contribution in [0.3, 0.4) is 0 Å². The zero-order valence-corrected chi connectivity index (χ0v) is 16.0. The molecule has 29 heavy (non-hydrogen) atoms. The van der Waals surface area contributed by atoms with E-state index < -0.39 is 0 Å². The van der Waals surface area contributed by atoms with Crippen molar-refractivity contribution in [1.29, 1.82) is 0 Å². The van der Waals surface area contributed by atoms with Gasteiger partial charge in [0.15, 0.2) is 28.1 Å². The zero-order valence-electron chi connectivity index (χ0n) is 15.2. The normalized spacial score (nSPS) is 14.2. The quantitative estimate of drug-likeness (QED) is 0.659. The third kappa shape index (κ3) is 3.74. The number of hydrogen-bond donors (Lipinski definition) is 1. The van der Waals surface area contributed by atoms with E-state index in [9.17, 15) is 4.79 Å². The highest BCUT2D eigenvalue weighted by Gasteiger charge is 2.15. The second kappa shape index (κ2) is 7.48. The van der Waals surface area contributed by atoms with E-state index in [1.165, 1.54) is 17.4 Å². The van der Waals surface area contributed by atoms with Gasteiger partial charge in [-0.05, 0) is 42.0 Å². The number of ether oxygens (including phenoxy) is 4. The fourth-order valence-corrected chi connectivity index (χ4v) is 3.72. The van der Waals surface area contributed by atoms with Crippen LogP contribution in [-0.2, 0) is 4.79 Å². The molecule has 0 bridgehead atoms. The van der Waals surface area contributed by atoms with Crippen molar-refractivity contribution in [3.8, 4) is 34.3 Å². The minimum absolute atomic E-state index is 0.221. The smallest absolute Gasteiger partial charge is 0.250 e. The number of nitrogens with zero attached hydrogens (tertiary/aromatic N) is 1. The van der Waals surface area contributed by atoms with Crippen molar-refractivity contribution in [2.75, 3.05) is 25.3 Å². The van der Waals surface area contributed by atoms with Gasteiger partial charge in [-0.2, -0.15) is 0 Å². The van der Waals surface area contributed by atoms with Crippen molar-refractivity contribution in [2.45, 2.75) is 0 Å². The Bertz CT molecular complexity index is 1110. The fraction of sp³-hybridized carbons (Fsp3) is 0.143. The van der Waals surface area contributed by atoms with Gasteiger partial charge in [0.2, 0.25) is 12.7 Å². The van der Waals surface area contributed by atoms with Crippen LogP contribution < -0.4 is 24.3 Å². The molecule has 0 aliphatic carbocycles. The number of benzene rings is 2. The number of carbonyl (C=O) groups excluding carboxylic acids is 1. The van der Waals surface area contributed by atoms with Crippen LogP contribution in [0.2, 0.25) is 0 Å². The third-order valence-electron chi connectivity index (χ3n) is 4.40. The summed E-state index contributed by atoms with van der Waals surface area (Å²) in [6.07, 6.45) is 3.18. The lowest BCUT2D eigenvalue weighted by atomic mass is 10.1. The standard InChI is InChI=1S/C21H16N2O5S/c24-20(6-2-13-1-4-17-18(9-13)28-12-27-17)23-21-22-15(11-29-21)14-3-5-16-19(10-14)26-8-7-25-16/h1-6,9-11H,7-8,12H2,(H,22,23,24). The fourth-order valence-electron chi connectivity index (χ4n) is 3.00. The van der Waals surface area contributed by atoms with Crippen molar-refractivity contribution in [2.24, 2.45) is 0 Å². The van der Waals surface area contributed by atoms with Crippen molar-refractivity contribution in [3.63, 3.8) is 0 Å². The molecule has 8 heteroatoms. The average Bonchev–Trinajstić information content (AvgIpc) is 3.41. The molecule has 0 atom stereocenters. The molecule has 0 spiro atoms. The van der Waals surface area contributed by atoms with Gasteiger partial charge < -0.3 is 18.9 Å². The van der Waals surface area contributed by atoms with Gasteiger partial charge in [0.1, 0.15) is 13.2 Å². The Hall–Kier alpha value is -3.52. The lowest BCUT2D eigenvalue weighted by Gasteiger charge is -2.18. The van der Waals surface area contributed by atoms with Gasteiger partial charge in [-0.15, -0.1) is 11.3 Å². The van der Waals surface area contributed by atoms with E-state index in [1.807, 2.05) is 41.8 Å². The molecule has 146 valence electrons. The molecule has 2 aliphatic heterocycles. The van der Waals surface area contributed by atoms with E-state index in [0.717, 1.165) is 22.6 Å². The number of anilines is 1. The number of carbonyl (C=O) groups is 1. The summed E-state index contributed by atoms with van der Waals surface area (Å²) in [6.45, 7) is 1.31. The first kappa shape index (κ1) is 17.6. The minimum atomic E-state index is -0.259. The number of thiazole rings is 1. The minimum Gasteiger partial charge on any atom is -0.486 e. The highest BCUT2D eigenvalue weighted by atomic mass is 32.1. The monoisotopic (exact) mass is 408 g/mol.